The van der Waals surface area contributed by atoms with Crippen LogP contribution < -0.4 is 5.32 Å². The molecule has 0 aliphatic heterocycles. The molecule has 92 valence electrons. The van der Waals surface area contributed by atoms with Gasteiger partial charge in [-0.15, -0.1) is 0 Å². The van der Waals surface area contributed by atoms with E-state index in [2.05, 4.69) is 35.1 Å². The van der Waals surface area contributed by atoms with E-state index < -0.39 is 0 Å². The van der Waals surface area contributed by atoms with Gasteiger partial charge in [0.25, 0.3) is 0 Å². The minimum Gasteiger partial charge on any atom is -0.381 e. The normalized spacial score (nSPS) is 10.2. The number of anilines is 1. The van der Waals surface area contributed by atoms with Gasteiger partial charge in [0, 0.05) is 19.3 Å². The zero-order chi connectivity index (χ0) is 12.5. The molecular weight excluding hydrogens is 212 g/mol. The molecule has 0 bridgehead atoms. The van der Waals surface area contributed by atoms with Gasteiger partial charge in [-0.2, -0.15) is 5.26 Å². The number of likely N-dealkylation sites (N-methyl/N-ethyl adjacent to an activating group) is 1. The smallest absolute Gasteiger partial charge is 0.163 e. The first-order chi connectivity index (χ1) is 8.31. The van der Waals surface area contributed by atoms with Crippen LogP contribution in [0.2, 0.25) is 0 Å². The van der Waals surface area contributed by atoms with E-state index in [-0.39, 0.29) is 0 Å². The van der Waals surface area contributed by atoms with Crippen LogP contribution in [-0.2, 0) is 0 Å². The van der Waals surface area contributed by atoms with E-state index >= 15 is 0 Å². The van der Waals surface area contributed by atoms with Gasteiger partial charge in [0.05, 0.1) is 5.69 Å². The lowest BCUT2D eigenvalue weighted by Gasteiger charge is -2.19. The summed E-state index contributed by atoms with van der Waals surface area (Å²) in [5.74, 6) is 0. The van der Waals surface area contributed by atoms with Crippen molar-refractivity contribution in [3.63, 3.8) is 0 Å². The number of hydrogen-bond acceptors (Lipinski definition) is 4. The van der Waals surface area contributed by atoms with Crippen molar-refractivity contribution in [3.8, 4) is 6.07 Å². The van der Waals surface area contributed by atoms with Crippen molar-refractivity contribution in [3.05, 3.63) is 24.0 Å². The quantitative estimate of drug-likeness (QED) is 0.782. The Balaban J connectivity index is 2.42. The van der Waals surface area contributed by atoms with Gasteiger partial charge in [-0.05, 0) is 31.6 Å². The topological polar surface area (TPSA) is 52.0 Å². The van der Waals surface area contributed by atoms with Gasteiger partial charge in [-0.1, -0.05) is 13.8 Å². The molecule has 0 atom stereocenters. The van der Waals surface area contributed by atoms with Crippen molar-refractivity contribution in [2.24, 2.45) is 0 Å². The van der Waals surface area contributed by atoms with Crippen LogP contribution >= 0.6 is 0 Å². The van der Waals surface area contributed by atoms with Gasteiger partial charge in [0.1, 0.15) is 6.07 Å². The van der Waals surface area contributed by atoms with E-state index in [0.29, 0.717) is 5.69 Å². The Kier molecular flexibility index (Phi) is 6.05. The van der Waals surface area contributed by atoms with Crippen LogP contribution in [0.15, 0.2) is 18.3 Å². The van der Waals surface area contributed by atoms with Crippen LogP contribution in [0.4, 0.5) is 5.69 Å². The van der Waals surface area contributed by atoms with Gasteiger partial charge < -0.3 is 10.2 Å². The molecule has 0 aromatic carbocycles. The van der Waals surface area contributed by atoms with Crippen molar-refractivity contribution in [2.75, 3.05) is 31.5 Å². The highest BCUT2D eigenvalue weighted by atomic mass is 15.1. The third kappa shape index (κ3) is 4.41. The van der Waals surface area contributed by atoms with Crippen LogP contribution in [0.1, 0.15) is 26.0 Å². The summed E-state index contributed by atoms with van der Waals surface area (Å²) >= 11 is 0. The van der Waals surface area contributed by atoms with Crippen LogP contribution in [0, 0.1) is 11.3 Å². The Morgan fingerprint density at radius 1 is 1.41 bits per heavy atom. The Bertz CT molecular complexity index is 370. The predicted octanol–water partition coefficient (Wildman–Crippen LogP) is 2.10. The second kappa shape index (κ2) is 7.64. The Labute approximate surface area is 103 Å². The first-order valence-electron chi connectivity index (χ1n) is 6.13. The molecule has 0 aliphatic carbocycles. The molecule has 1 aromatic heterocycles. The molecule has 0 unspecified atom stereocenters. The lowest BCUT2D eigenvalue weighted by molar-refractivity contribution is 0.300. The molecule has 0 saturated heterocycles. The number of rotatable bonds is 7. The van der Waals surface area contributed by atoms with Crippen molar-refractivity contribution in [1.29, 1.82) is 5.26 Å². The average Bonchev–Trinajstić information content (AvgIpc) is 2.38. The molecule has 1 N–H and O–H groups in total. The van der Waals surface area contributed by atoms with E-state index in [0.717, 1.165) is 31.9 Å². The van der Waals surface area contributed by atoms with Crippen molar-refractivity contribution < 1.29 is 0 Å². The molecule has 0 amide bonds. The zero-order valence-corrected chi connectivity index (χ0v) is 10.6. The van der Waals surface area contributed by atoms with E-state index in [4.69, 9.17) is 5.26 Å². The Hall–Kier alpha value is -1.60. The van der Waals surface area contributed by atoms with Gasteiger partial charge in [-0.3, -0.25) is 0 Å². The van der Waals surface area contributed by atoms with Crippen LogP contribution in [0.25, 0.3) is 0 Å². The largest absolute Gasteiger partial charge is 0.381 e. The maximum atomic E-state index is 8.89. The Morgan fingerprint density at radius 3 is 2.88 bits per heavy atom. The molecule has 4 heteroatoms. The fraction of sp³-hybridized carbons (Fsp3) is 0.538. The highest BCUT2D eigenvalue weighted by molar-refractivity contribution is 5.53. The summed E-state index contributed by atoms with van der Waals surface area (Å²) in [7, 11) is 0. The Morgan fingerprint density at radius 2 is 2.24 bits per heavy atom. The summed E-state index contributed by atoms with van der Waals surface area (Å²) < 4.78 is 0. The SMILES string of the molecule is CCCN(CC)CCNc1cccnc1C#N. The minimum absolute atomic E-state index is 0.464. The predicted molar refractivity (Wildman–Crippen MR) is 69.8 cm³/mol. The first kappa shape index (κ1) is 13.5. The monoisotopic (exact) mass is 232 g/mol. The standard InChI is InChI=1S/C13H20N4/c1-3-9-17(4-2)10-8-16-12-6-5-7-15-13(12)11-14/h5-7,16H,3-4,8-10H2,1-2H3. The van der Waals surface area contributed by atoms with E-state index in [9.17, 15) is 0 Å². The van der Waals surface area contributed by atoms with E-state index in [1.54, 1.807) is 6.20 Å². The summed E-state index contributed by atoms with van der Waals surface area (Å²) in [5, 5.41) is 12.2. The van der Waals surface area contributed by atoms with Gasteiger partial charge in [0.15, 0.2) is 5.69 Å². The summed E-state index contributed by atoms with van der Waals surface area (Å²) in [6, 6.07) is 5.82. The van der Waals surface area contributed by atoms with E-state index in [1.807, 2.05) is 12.1 Å². The van der Waals surface area contributed by atoms with Crippen molar-refractivity contribution in [1.82, 2.24) is 9.88 Å². The van der Waals surface area contributed by atoms with Crippen LogP contribution in [-0.4, -0.2) is 36.1 Å². The third-order valence-corrected chi connectivity index (χ3v) is 2.64. The summed E-state index contributed by atoms with van der Waals surface area (Å²) in [6.07, 6.45) is 2.81. The highest BCUT2D eigenvalue weighted by Crippen LogP contribution is 2.09. The molecule has 0 aliphatic rings. The lowest BCUT2D eigenvalue weighted by Crippen LogP contribution is -2.29. The van der Waals surface area contributed by atoms with Gasteiger partial charge in [-0.25, -0.2) is 4.98 Å². The van der Waals surface area contributed by atoms with Crippen molar-refractivity contribution >= 4 is 5.69 Å². The fourth-order valence-corrected chi connectivity index (χ4v) is 1.73. The number of nitrogens with zero attached hydrogens (tertiary/aromatic N) is 3. The molecule has 1 heterocycles. The second-order valence-corrected chi connectivity index (χ2v) is 3.87. The van der Waals surface area contributed by atoms with Crippen LogP contribution in [0.5, 0.6) is 0 Å². The molecule has 4 nitrogen and oxygen atoms in total. The number of hydrogen-bond donors (Lipinski definition) is 1. The molecule has 0 radical (unpaired) electrons. The highest BCUT2D eigenvalue weighted by Gasteiger charge is 2.03. The van der Waals surface area contributed by atoms with E-state index in [1.165, 1.54) is 6.42 Å². The maximum absolute atomic E-state index is 8.89. The first-order valence-corrected chi connectivity index (χ1v) is 6.13. The zero-order valence-electron chi connectivity index (χ0n) is 10.6. The lowest BCUT2D eigenvalue weighted by atomic mass is 10.3. The molecular formula is C13H20N4. The minimum atomic E-state index is 0.464. The average molecular weight is 232 g/mol. The second-order valence-electron chi connectivity index (χ2n) is 3.87. The number of nitriles is 1. The fourth-order valence-electron chi connectivity index (χ4n) is 1.73. The number of nitrogens with one attached hydrogen (secondary N) is 1. The third-order valence-electron chi connectivity index (χ3n) is 2.64. The summed E-state index contributed by atoms with van der Waals surface area (Å²) in [6.45, 7) is 8.37. The van der Waals surface area contributed by atoms with Gasteiger partial charge >= 0.3 is 0 Å². The maximum Gasteiger partial charge on any atom is 0.163 e. The summed E-state index contributed by atoms with van der Waals surface area (Å²) in [5.41, 5.74) is 1.29. The molecule has 0 saturated carbocycles. The molecule has 17 heavy (non-hydrogen) atoms. The molecule has 0 spiro atoms. The van der Waals surface area contributed by atoms with Crippen molar-refractivity contribution in [2.45, 2.75) is 20.3 Å². The molecule has 1 aromatic rings. The molecule has 1 rings (SSSR count). The van der Waals surface area contributed by atoms with Gasteiger partial charge in [0.2, 0.25) is 0 Å². The van der Waals surface area contributed by atoms with Crippen LogP contribution in [0.3, 0.4) is 0 Å². The number of aromatic nitrogens is 1. The molecule has 0 fully saturated rings. The number of pyridine rings is 1. The summed E-state index contributed by atoms with van der Waals surface area (Å²) in [4.78, 5) is 6.40.